The summed E-state index contributed by atoms with van der Waals surface area (Å²) in [5.41, 5.74) is 1.17. The molecule has 3 rings (SSSR count). The Hall–Kier alpha value is -2.82. The van der Waals surface area contributed by atoms with Crippen molar-refractivity contribution in [3.05, 3.63) is 64.7 Å². The third-order valence-corrected chi connectivity index (χ3v) is 5.01. The first-order valence-electron chi connectivity index (χ1n) is 8.06. The molecule has 0 radical (unpaired) electrons. The number of hydrogen-bond donors (Lipinski definition) is 1. The van der Waals surface area contributed by atoms with Crippen molar-refractivity contribution in [3.8, 4) is 12.1 Å². The van der Waals surface area contributed by atoms with Crippen LogP contribution in [0.25, 0.3) is 0 Å². The van der Waals surface area contributed by atoms with Crippen LogP contribution >= 0.6 is 11.6 Å². The van der Waals surface area contributed by atoms with Crippen LogP contribution in [0, 0.1) is 28.1 Å². The standard InChI is InChI=1S/C20H16ClN3O/c21-18-11-15(24-19(25)20(13-23)9-4-10-20)7-8-16(18)17(12-22)14-5-2-1-3-6-14/h1-3,5-8,11,17H,4,9-10H2,(H,24,25)/t17-/m1/s1. The van der Waals surface area contributed by atoms with E-state index in [2.05, 4.69) is 17.5 Å². The summed E-state index contributed by atoms with van der Waals surface area (Å²) < 4.78 is 0. The van der Waals surface area contributed by atoms with Gasteiger partial charge in [0.1, 0.15) is 5.41 Å². The van der Waals surface area contributed by atoms with Crippen molar-refractivity contribution < 1.29 is 4.79 Å². The molecule has 2 aromatic rings. The lowest BCUT2D eigenvalue weighted by atomic mass is 9.69. The van der Waals surface area contributed by atoms with Crippen LogP contribution in [0.3, 0.4) is 0 Å². The van der Waals surface area contributed by atoms with Gasteiger partial charge in [-0.3, -0.25) is 4.79 Å². The summed E-state index contributed by atoms with van der Waals surface area (Å²) >= 11 is 6.36. The first-order chi connectivity index (χ1) is 12.1. The Morgan fingerprint density at radius 3 is 2.40 bits per heavy atom. The van der Waals surface area contributed by atoms with Gasteiger partial charge >= 0.3 is 0 Å². The van der Waals surface area contributed by atoms with E-state index in [-0.39, 0.29) is 5.91 Å². The molecule has 0 saturated heterocycles. The lowest BCUT2D eigenvalue weighted by Gasteiger charge is -2.33. The fraction of sp³-hybridized carbons (Fsp3) is 0.250. The van der Waals surface area contributed by atoms with Crippen LogP contribution in [0.4, 0.5) is 5.69 Å². The Labute approximate surface area is 151 Å². The van der Waals surface area contributed by atoms with Gasteiger partial charge in [-0.15, -0.1) is 0 Å². The number of amides is 1. The molecule has 0 spiro atoms. The van der Waals surface area contributed by atoms with Crippen LogP contribution in [0.15, 0.2) is 48.5 Å². The second-order valence-corrected chi connectivity index (χ2v) is 6.62. The average Bonchev–Trinajstić information content (AvgIpc) is 2.58. The van der Waals surface area contributed by atoms with Crippen LogP contribution in [-0.2, 0) is 4.79 Å². The van der Waals surface area contributed by atoms with E-state index in [4.69, 9.17) is 11.6 Å². The van der Waals surface area contributed by atoms with Gasteiger partial charge in [-0.2, -0.15) is 10.5 Å². The van der Waals surface area contributed by atoms with E-state index in [1.807, 2.05) is 30.3 Å². The molecule has 0 heterocycles. The maximum absolute atomic E-state index is 12.3. The lowest BCUT2D eigenvalue weighted by molar-refractivity contribution is -0.126. The molecule has 1 atom stereocenters. The summed E-state index contributed by atoms with van der Waals surface area (Å²) in [5, 5.41) is 22.0. The molecule has 0 aliphatic heterocycles. The van der Waals surface area contributed by atoms with Crippen molar-refractivity contribution in [2.24, 2.45) is 5.41 Å². The van der Waals surface area contributed by atoms with E-state index in [0.717, 1.165) is 12.0 Å². The first kappa shape index (κ1) is 17.0. The minimum Gasteiger partial charge on any atom is -0.325 e. The maximum Gasteiger partial charge on any atom is 0.244 e. The second-order valence-electron chi connectivity index (χ2n) is 6.21. The number of carbonyl (C=O) groups excluding carboxylic acids is 1. The zero-order chi connectivity index (χ0) is 17.9. The maximum atomic E-state index is 12.3. The number of nitrogens with one attached hydrogen (secondary N) is 1. The van der Waals surface area contributed by atoms with Crippen LogP contribution in [0.2, 0.25) is 5.02 Å². The minimum atomic E-state index is -0.912. The van der Waals surface area contributed by atoms with Gasteiger partial charge in [0.05, 0.1) is 18.1 Å². The summed E-state index contributed by atoms with van der Waals surface area (Å²) in [5.74, 6) is -0.763. The Morgan fingerprint density at radius 1 is 1.16 bits per heavy atom. The third kappa shape index (κ3) is 3.22. The van der Waals surface area contributed by atoms with E-state index in [1.54, 1.807) is 18.2 Å². The first-order valence-corrected chi connectivity index (χ1v) is 8.44. The predicted molar refractivity (Wildman–Crippen MR) is 95.9 cm³/mol. The molecule has 1 saturated carbocycles. The highest BCUT2D eigenvalue weighted by Gasteiger charge is 2.44. The molecule has 5 heteroatoms. The minimum absolute atomic E-state index is 0.287. The topological polar surface area (TPSA) is 76.7 Å². The SMILES string of the molecule is N#C[C@H](c1ccccc1)c1ccc(NC(=O)C2(C#N)CCC2)cc1Cl. The molecule has 124 valence electrons. The summed E-state index contributed by atoms with van der Waals surface area (Å²) in [4.78, 5) is 12.3. The molecule has 0 aromatic heterocycles. The van der Waals surface area contributed by atoms with Crippen molar-refractivity contribution >= 4 is 23.2 Å². The molecule has 2 aromatic carbocycles. The van der Waals surface area contributed by atoms with Gasteiger partial charge in [0.2, 0.25) is 5.91 Å². The van der Waals surface area contributed by atoms with Crippen LogP contribution in [-0.4, -0.2) is 5.91 Å². The van der Waals surface area contributed by atoms with Gasteiger partial charge in [-0.05, 0) is 42.5 Å². The second kappa shape index (κ2) is 6.97. The number of rotatable bonds is 4. The monoisotopic (exact) mass is 349 g/mol. The molecule has 1 aliphatic rings. The van der Waals surface area contributed by atoms with E-state index < -0.39 is 11.3 Å². The molecule has 0 unspecified atom stereocenters. The zero-order valence-corrected chi connectivity index (χ0v) is 14.3. The molecule has 1 fully saturated rings. The lowest BCUT2D eigenvalue weighted by Crippen LogP contribution is -2.40. The Balaban J connectivity index is 1.83. The molecule has 1 aliphatic carbocycles. The predicted octanol–water partition coefficient (Wildman–Crippen LogP) is 4.63. The van der Waals surface area contributed by atoms with Crippen molar-refractivity contribution in [2.75, 3.05) is 5.32 Å². The van der Waals surface area contributed by atoms with E-state index in [9.17, 15) is 15.3 Å². The highest BCUT2D eigenvalue weighted by molar-refractivity contribution is 6.31. The van der Waals surface area contributed by atoms with Crippen LogP contribution in [0.5, 0.6) is 0 Å². The van der Waals surface area contributed by atoms with Crippen LogP contribution in [0.1, 0.15) is 36.3 Å². The van der Waals surface area contributed by atoms with Gasteiger partial charge in [0.15, 0.2) is 0 Å². The normalized spacial score (nSPS) is 16.0. The molecule has 1 amide bonds. The molecule has 25 heavy (non-hydrogen) atoms. The zero-order valence-electron chi connectivity index (χ0n) is 13.5. The number of halogens is 1. The Morgan fingerprint density at radius 2 is 1.88 bits per heavy atom. The molecule has 4 nitrogen and oxygen atoms in total. The highest BCUT2D eigenvalue weighted by atomic mass is 35.5. The number of carbonyl (C=O) groups is 1. The van der Waals surface area contributed by atoms with Gasteiger partial charge in [-0.25, -0.2) is 0 Å². The molecule has 0 bridgehead atoms. The van der Waals surface area contributed by atoms with Crippen LogP contribution < -0.4 is 5.32 Å². The molecule has 1 N–H and O–H groups in total. The molecular formula is C20H16ClN3O. The molecular weight excluding hydrogens is 334 g/mol. The highest BCUT2D eigenvalue weighted by Crippen LogP contribution is 2.41. The summed E-state index contributed by atoms with van der Waals surface area (Å²) in [6.07, 6.45) is 2.07. The average molecular weight is 350 g/mol. The number of nitriles is 2. The van der Waals surface area contributed by atoms with E-state index in [1.165, 1.54) is 0 Å². The van der Waals surface area contributed by atoms with Crippen molar-refractivity contribution in [1.29, 1.82) is 10.5 Å². The van der Waals surface area contributed by atoms with E-state index in [0.29, 0.717) is 29.1 Å². The summed E-state index contributed by atoms with van der Waals surface area (Å²) in [6.45, 7) is 0. The number of nitrogens with zero attached hydrogens (tertiary/aromatic N) is 2. The smallest absolute Gasteiger partial charge is 0.244 e. The fourth-order valence-corrected chi connectivity index (χ4v) is 3.27. The van der Waals surface area contributed by atoms with Gasteiger partial charge in [0, 0.05) is 10.7 Å². The van der Waals surface area contributed by atoms with E-state index >= 15 is 0 Å². The summed E-state index contributed by atoms with van der Waals surface area (Å²) in [7, 11) is 0. The number of benzene rings is 2. The number of hydrogen-bond acceptors (Lipinski definition) is 3. The van der Waals surface area contributed by atoms with Gasteiger partial charge in [0.25, 0.3) is 0 Å². The quantitative estimate of drug-likeness (QED) is 0.874. The number of anilines is 1. The van der Waals surface area contributed by atoms with Crippen molar-refractivity contribution in [3.63, 3.8) is 0 Å². The third-order valence-electron chi connectivity index (χ3n) is 4.69. The van der Waals surface area contributed by atoms with Crippen molar-refractivity contribution in [2.45, 2.75) is 25.2 Å². The van der Waals surface area contributed by atoms with Gasteiger partial charge in [-0.1, -0.05) is 48.0 Å². The fourth-order valence-electron chi connectivity index (χ4n) is 2.98. The Bertz CT molecular complexity index is 876. The Kier molecular flexibility index (Phi) is 4.74. The largest absolute Gasteiger partial charge is 0.325 e. The summed E-state index contributed by atoms with van der Waals surface area (Å²) in [6, 6.07) is 18.9. The van der Waals surface area contributed by atoms with Crippen molar-refractivity contribution in [1.82, 2.24) is 0 Å². The van der Waals surface area contributed by atoms with Gasteiger partial charge < -0.3 is 5.32 Å².